The van der Waals surface area contributed by atoms with Gasteiger partial charge in [0.15, 0.2) is 0 Å². The van der Waals surface area contributed by atoms with Crippen molar-refractivity contribution in [3.05, 3.63) is 48.6 Å². The highest BCUT2D eigenvalue weighted by Gasteiger charge is 1.87. The molecule has 0 unspecified atom stereocenters. The third-order valence-corrected chi connectivity index (χ3v) is 1.43. The first-order chi connectivity index (χ1) is 6.81. The standard InChI is InChI=1S/C6H6.C5H8O2S/c1-2-4-6-5-3-1;1-2-3-4-5(6)7-8/h1-6H;3-4,8H,2H2,1H3. The maximum Gasteiger partial charge on any atom is 0.342 e. The Morgan fingerprint density at radius 2 is 1.64 bits per heavy atom. The van der Waals surface area contributed by atoms with Crippen molar-refractivity contribution < 1.29 is 8.98 Å². The number of hydrogen-bond acceptors (Lipinski definition) is 3. The molecule has 0 N–H and O–H groups in total. The monoisotopic (exact) mass is 210 g/mol. The molecular weight excluding hydrogens is 196 g/mol. The van der Waals surface area contributed by atoms with E-state index in [2.05, 4.69) is 17.1 Å². The molecule has 76 valence electrons. The van der Waals surface area contributed by atoms with E-state index >= 15 is 0 Å². The van der Waals surface area contributed by atoms with Crippen molar-refractivity contribution in [2.24, 2.45) is 0 Å². The fraction of sp³-hybridized carbons (Fsp3) is 0.182. The number of thiol groups is 1. The van der Waals surface area contributed by atoms with Crippen molar-refractivity contribution in [3.8, 4) is 0 Å². The van der Waals surface area contributed by atoms with Gasteiger partial charge in [-0.3, -0.25) is 0 Å². The first kappa shape index (κ1) is 12.8. The molecule has 0 aromatic heterocycles. The molecule has 0 amide bonds. The first-order valence-corrected chi connectivity index (χ1v) is 4.69. The lowest BCUT2D eigenvalue weighted by molar-refractivity contribution is -0.127. The smallest absolute Gasteiger partial charge is 0.342 e. The highest BCUT2D eigenvalue weighted by atomic mass is 32.1. The van der Waals surface area contributed by atoms with Crippen molar-refractivity contribution in [2.45, 2.75) is 13.3 Å². The summed E-state index contributed by atoms with van der Waals surface area (Å²) in [7, 11) is 0. The third-order valence-electron chi connectivity index (χ3n) is 1.25. The van der Waals surface area contributed by atoms with Gasteiger partial charge in [0, 0.05) is 19.0 Å². The maximum atomic E-state index is 10.2. The molecule has 0 heterocycles. The normalized spacial score (nSPS) is 9.00. The van der Waals surface area contributed by atoms with Gasteiger partial charge in [-0.05, 0) is 6.42 Å². The topological polar surface area (TPSA) is 26.3 Å². The van der Waals surface area contributed by atoms with Gasteiger partial charge in [0.1, 0.15) is 0 Å². The van der Waals surface area contributed by atoms with E-state index in [0.717, 1.165) is 6.42 Å². The molecule has 1 aromatic carbocycles. The molecular formula is C11H14O2S. The van der Waals surface area contributed by atoms with E-state index in [1.807, 2.05) is 43.3 Å². The van der Waals surface area contributed by atoms with Gasteiger partial charge in [-0.15, -0.1) is 0 Å². The Morgan fingerprint density at radius 3 is 1.93 bits per heavy atom. The number of allylic oxidation sites excluding steroid dienone is 1. The van der Waals surface area contributed by atoms with Crippen LogP contribution in [0.15, 0.2) is 48.6 Å². The van der Waals surface area contributed by atoms with Crippen LogP contribution in [-0.4, -0.2) is 5.97 Å². The fourth-order valence-corrected chi connectivity index (χ4v) is 0.690. The zero-order chi connectivity index (χ0) is 10.6. The van der Waals surface area contributed by atoms with Crippen LogP contribution in [0.1, 0.15) is 13.3 Å². The molecule has 1 aromatic rings. The molecule has 2 nitrogen and oxygen atoms in total. The summed E-state index contributed by atoms with van der Waals surface area (Å²) in [6.07, 6.45) is 3.88. The molecule has 0 spiro atoms. The summed E-state index contributed by atoms with van der Waals surface area (Å²) < 4.78 is 4.02. The third kappa shape index (κ3) is 8.87. The quantitative estimate of drug-likeness (QED) is 0.461. The average molecular weight is 210 g/mol. The van der Waals surface area contributed by atoms with E-state index in [1.54, 1.807) is 6.08 Å². The van der Waals surface area contributed by atoms with Crippen LogP contribution in [0.5, 0.6) is 0 Å². The molecule has 0 aliphatic rings. The molecule has 0 atom stereocenters. The summed E-state index contributed by atoms with van der Waals surface area (Å²) in [6, 6.07) is 12.0. The van der Waals surface area contributed by atoms with E-state index in [9.17, 15) is 4.79 Å². The second-order valence-electron chi connectivity index (χ2n) is 2.38. The Kier molecular flexibility index (Phi) is 9.01. The number of carbonyl (C=O) groups excluding carboxylic acids is 1. The van der Waals surface area contributed by atoms with Crippen LogP contribution in [0.4, 0.5) is 0 Å². The van der Waals surface area contributed by atoms with Gasteiger partial charge in [-0.25, -0.2) is 4.79 Å². The first-order valence-electron chi connectivity index (χ1n) is 4.33. The van der Waals surface area contributed by atoms with Crippen LogP contribution in [0.3, 0.4) is 0 Å². The van der Waals surface area contributed by atoms with E-state index in [4.69, 9.17) is 0 Å². The van der Waals surface area contributed by atoms with Gasteiger partial charge >= 0.3 is 5.97 Å². The number of carbonyl (C=O) groups is 1. The van der Waals surface area contributed by atoms with Gasteiger partial charge in [0.25, 0.3) is 0 Å². The van der Waals surface area contributed by atoms with E-state index in [0.29, 0.717) is 0 Å². The summed E-state index contributed by atoms with van der Waals surface area (Å²) in [5.41, 5.74) is 0. The second-order valence-corrected chi connectivity index (χ2v) is 2.56. The largest absolute Gasteiger partial charge is 0.391 e. The lowest BCUT2D eigenvalue weighted by Crippen LogP contribution is -1.88. The summed E-state index contributed by atoms with van der Waals surface area (Å²) in [4.78, 5) is 10.2. The van der Waals surface area contributed by atoms with Gasteiger partial charge in [0.05, 0.1) is 0 Å². The highest BCUT2D eigenvalue weighted by Crippen LogP contribution is 1.85. The maximum absolute atomic E-state index is 10.2. The Balaban J connectivity index is 0.000000249. The Bertz CT molecular complexity index is 231. The van der Waals surface area contributed by atoms with Gasteiger partial charge in [0.2, 0.25) is 0 Å². The molecule has 0 fully saturated rings. The fourth-order valence-electron chi connectivity index (χ4n) is 0.629. The lowest BCUT2D eigenvalue weighted by Gasteiger charge is -1.83. The van der Waals surface area contributed by atoms with Crippen LogP contribution < -0.4 is 0 Å². The van der Waals surface area contributed by atoms with Crippen LogP contribution in [-0.2, 0) is 8.98 Å². The highest BCUT2D eigenvalue weighted by molar-refractivity contribution is 7.75. The zero-order valence-corrected chi connectivity index (χ0v) is 8.98. The van der Waals surface area contributed by atoms with Crippen molar-refractivity contribution in [1.29, 1.82) is 0 Å². The molecule has 3 heteroatoms. The molecule has 0 aliphatic carbocycles. The Morgan fingerprint density at radius 1 is 1.21 bits per heavy atom. The minimum Gasteiger partial charge on any atom is -0.391 e. The summed E-state index contributed by atoms with van der Waals surface area (Å²) >= 11 is 3.29. The lowest BCUT2D eigenvalue weighted by atomic mass is 10.4. The summed E-state index contributed by atoms with van der Waals surface area (Å²) in [6.45, 7) is 1.93. The van der Waals surface area contributed by atoms with E-state index in [1.165, 1.54) is 6.08 Å². The average Bonchev–Trinajstić information content (AvgIpc) is 2.29. The van der Waals surface area contributed by atoms with Gasteiger partial charge in [-0.1, -0.05) is 49.4 Å². The molecule has 0 bridgehead atoms. The predicted octanol–water partition coefficient (Wildman–Crippen LogP) is 3.03. The van der Waals surface area contributed by atoms with Crippen LogP contribution in [0.2, 0.25) is 0 Å². The van der Waals surface area contributed by atoms with Crippen LogP contribution in [0, 0.1) is 0 Å². The summed E-state index contributed by atoms with van der Waals surface area (Å²) in [5.74, 6) is -0.421. The van der Waals surface area contributed by atoms with E-state index < -0.39 is 5.97 Å². The second kappa shape index (κ2) is 9.86. The number of hydrogen-bond donors (Lipinski definition) is 1. The van der Waals surface area contributed by atoms with Crippen molar-refractivity contribution >= 4 is 18.9 Å². The molecule has 0 aliphatic heterocycles. The summed E-state index contributed by atoms with van der Waals surface area (Å²) in [5, 5.41) is 0. The Labute approximate surface area is 90.2 Å². The van der Waals surface area contributed by atoms with Crippen LogP contribution >= 0.6 is 12.9 Å². The van der Waals surface area contributed by atoms with Crippen molar-refractivity contribution in [3.63, 3.8) is 0 Å². The Hall–Kier alpha value is -1.22. The minimum atomic E-state index is -0.421. The number of benzene rings is 1. The predicted molar refractivity (Wildman–Crippen MR) is 61.0 cm³/mol. The SMILES string of the molecule is CCC=CC(=O)OS.c1ccccc1. The molecule has 0 saturated heterocycles. The molecule has 0 radical (unpaired) electrons. The van der Waals surface area contributed by atoms with Crippen LogP contribution in [0.25, 0.3) is 0 Å². The molecule has 0 saturated carbocycles. The van der Waals surface area contributed by atoms with E-state index in [-0.39, 0.29) is 0 Å². The minimum absolute atomic E-state index is 0.421. The van der Waals surface area contributed by atoms with Crippen molar-refractivity contribution in [1.82, 2.24) is 0 Å². The number of rotatable bonds is 2. The zero-order valence-electron chi connectivity index (χ0n) is 8.09. The van der Waals surface area contributed by atoms with Gasteiger partial charge < -0.3 is 4.18 Å². The van der Waals surface area contributed by atoms with Crippen molar-refractivity contribution in [2.75, 3.05) is 0 Å². The molecule has 1 rings (SSSR count). The van der Waals surface area contributed by atoms with Gasteiger partial charge in [-0.2, -0.15) is 0 Å². The molecule has 14 heavy (non-hydrogen) atoms.